The first-order valence-corrected chi connectivity index (χ1v) is 5.74. The Kier molecular flexibility index (Phi) is 5.53. The van der Waals surface area contributed by atoms with Crippen LogP contribution in [0.3, 0.4) is 0 Å². The average Bonchev–Trinajstić information content (AvgIpc) is 2.36. The van der Waals surface area contributed by atoms with Crippen LogP contribution >= 0.6 is 0 Å². The molecule has 0 heterocycles. The van der Waals surface area contributed by atoms with Gasteiger partial charge in [-0.15, -0.1) is 0 Å². The van der Waals surface area contributed by atoms with E-state index in [0.29, 0.717) is 0 Å². The maximum absolute atomic E-state index is 11.5. The van der Waals surface area contributed by atoms with Gasteiger partial charge in [-0.1, -0.05) is 24.3 Å². The fourth-order valence-corrected chi connectivity index (χ4v) is 1.35. The van der Waals surface area contributed by atoms with Crippen LogP contribution in [-0.4, -0.2) is 24.4 Å². The SMILES string of the molecule is CC(=O)NNC(=O)COC(=O)Cc1ccccc1C. The molecule has 0 aliphatic carbocycles. The van der Waals surface area contributed by atoms with Crippen LogP contribution in [0.1, 0.15) is 18.1 Å². The van der Waals surface area contributed by atoms with Gasteiger partial charge in [0.1, 0.15) is 0 Å². The molecule has 0 aliphatic rings. The number of hydrazine groups is 1. The number of aryl methyl sites for hydroxylation is 1. The number of benzene rings is 1. The third-order valence-corrected chi connectivity index (χ3v) is 2.34. The highest BCUT2D eigenvalue weighted by molar-refractivity contribution is 5.83. The largest absolute Gasteiger partial charge is 0.455 e. The zero-order chi connectivity index (χ0) is 14.3. The third kappa shape index (κ3) is 5.67. The zero-order valence-electron chi connectivity index (χ0n) is 10.9. The van der Waals surface area contributed by atoms with E-state index in [4.69, 9.17) is 4.74 Å². The predicted octanol–water partition coefficient (Wildman–Crippen LogP) is 0.248. The molecule has 0 atom stereocenters. The van der Waals surface area contributed by atoms with Crippen molar-refractivity contribution in [3.8, 4) is 0 Å². The Labute approximate surface area is 111 Å². The molecule has 0 bridgehead atoms. The van der Waals surface area contributed by atoms with Gasteiger partial charge in [-0.05, 0) is 18.1 Å². The summed E-state index contributed by atoms with van der Waals surface area (Å²) in [5.74, 6) is -1.49. The van der Waals surface area contributed by atoms with Gasteiger partial charge in [-0.2, -0.15) is 0 Å². The fourth-order valence-electron chi connectivity index (χ4n) is 1.35. The number of hydrogen-bond donors (Lipinski definition) is 2. The summed E-state index contributed by atoms with van der Waals surface area (Å²) in [4.78, 5) is 33.2. The van der Waals surface area contributed by atoms with E-state index in [0.717, 1.165) is 11.1 Å². The molecule has 0 spiro atoms. The van der Waals surface area contributed by atoms with Crippen molar-refractivity contribution in [2.75, 3.05) is 6.61 Å². The lowest BCUT2D eigenvalue weighted by Crippen LogP contribution is -2.42. The molecule has 0 aromatic heterocycles. The second-order valence-electron chi connectivity index (χ2n) is 3.99. The molecule has 6 heteroatoms. The van der Waals surface area contributed by atoms with Crippen LogP contribution in [0.25, 0.3) is 0 Å². The van der Waals surface area contributed by atoms with Crippen molar-refractivity contribution in [2.24, 2.45) is 0 Å². The Morgan fingerprint density at radius 2 is 1.84 bits per heavy atom. The third-order valence-electron chi connectivity index (χ3n) is 2.34. The molecule has 102 valence electrons. The van der Waals surface area contributed by atoms with Crippen molar-refractivity contribution in [3.05, 3.63) is 35.4 Å². The van der Waals surface area contributed by atoms with Crippen molar-refractivity contribution in [3.63, 3.8) is 0 Å². The minimum Gasteiger partial charge on any atom is -0.455 e. The molecule has 0 aliphatic heterocycles. The normalized spacial score (nSPS) is 9.58. The molecule has 6 nitrogen and oxygen atoms in total. The molecular formula is C13H16N2O4. The van der Waals surface area contributed by atoms with Gasteiger partial charge >= 0.3 is 5.97 Å². The van der Waals surface area contributed by atoms with Crippen LogP contribution in [0.15, 0.2) is 24.3 Å². The van der Waals surface area contributed by atoms with E-state index >= 15 is 0 Å². The number of amides is 2. The minimum atomic E-state index is -0.590. The number of carbonyl (C=O) groups excluding carboxylic acids is 3. The standard InChI is InChI=1S/C13H16N2O4/c1-9-5-3-4-6-11(9)7-13(18)19-8-12(17)15-14-10(2)16/h3-6H,7-8H2,1-2H3,(H,14,16)(H,15,17). The Balaban J connectivity index is 2.34. The topological polar surface area (TPSA) is 84.5 Å². The molecule has 0 unspecified atom stereocenters. The zero-order valence-corrected chi connectivity index (χ0v) is 10.9. The summed E-state index contributed by atoms with van der Waals surface area (Å²) >= 11 is 0. The molecule has 19 heavy (non-hydrogen) atoms. The molecule has 1 aromatic carbocycles. The first kappa shape index (κ1) is 14.7. The Morgan fingerprint density at radius 3 is 2.47 bits per heavy atom. The van der Waals surface area contributed by atoms with E-state index in [2.05, 4.69) is 10.9 Å². The van der Waals surface area contributed by atoms with Gasteiger partial charge in [0.15, 0.2) is 6.61 Å². The van der Waals surface area contributed by atoms with Crippen LogP contribution in [0.2, 0.25) is 0 Å². The van der Waals surface area contributed by atoms with Crippen molar-refractivity contribution in [2.45, 2.75) is 20.3 Å². The Bertz CT molecular complexity index is 485. The molecular weight excluding hydrogens is 248 g/mol. The molecule has 2 N–H and O–H groups in total. The molecule has 0 radical (unpaired) electrons. The smallest absolute Gasteiger partial charge is 0.310 e. The summed E-state index contributed by atoms with van der Waals surface area (Å²) in [6.07, 6.45) is 0.111. The van der Waals surface area contributed by atoms with Gasteiger partial charge in [0.05, 0.1) is 6.42 Å². The van der Waals surface area contributed by atoms with Gasteiger partial charge in [0.2, 0.25) is 5.91 Å². The number of hydrogen-bond acceptors (Lipinski definition) is 4. The first-order chi connectivity index (χ1) is 8.99. The van der Waals surface area contributed by atoms with Crippen LogP contribution in [-0.2, 0) is 25.5 Å². The number of esters is 1. The van der Waals surface area contributed by atoms with Crippen molar-refractivity contribution < 1.29 is 19.1 Å². The average molecular weight is 264 g/mol. The molecule has 1 rings (SSSR count). The van der Waals surface area contributed by atoms with E-state index in [9.17, 15) is 14.4 Å². The van der Waals surface area contributed by atoms with Gasteiger partial charge in [-0.25, -0.2) is 0 Å². The maximum Gasteiger partial charge on any atom is 0.310 e. The lowest BCUT2D eigenvalue weighted by atomic mass is 10.1. The molecule has 0 saturated heterocycles. The minimum absolute atomic E-state index is 0.111. The highest BCUT2D eigenvalue weighted by Crippen LogP contribution is 2.08. The highest BCUT2D eigenvalue weighted by Gasteiger charge is 2.09. The lowest BCUT2D eigenvalue weighted by Gasteiger charge is -2.07. The second kappa shape index (κ2) is 7.15. The number of ether oxygens (including phenoxy) is 1. The van der Waals surface area contributed by atoms with E-state index in [-0.39, 0.29) is 6.42 Å². The summed E-state index contributed by atoms with van der Waals surface area (Å²) in [5, 5.41) is 0. The Morgan fingerprint density at radius 1 is 1.16 bits per heavy atom. The van der Waals surface area contributed by atoms with Crippen LogP contribution < -0.4 is 10.9 Å². The van der Waals surface area contributed by atoms with E-state index in [1.807, 2.05) is 31.2 Å². The quantitative estimate of drug-likeness (QED) is 0.603. The summed E-state index contributed by atoms with van der Waals surface area (Å²) in [6, 6.07) is 7.43. The van der Waals surface area contributed by atoms with Crippen LogP contribution in [0.5, 0.6) is 0 Å². The second-order valence-corrected chi connectivity index (χ2v) is 3.99. The summed E-state index contributed by atoms with van der Waals surface area (Å²) in [7, 11) is 0. The van der Waals surface area contributed by atoms with Crippen molar-refractivity contribution in [1.29, 1.82) is 0 Å². The molecule has 0 saturated carbocycles. The van der Waals surface area contributed by atoms with Gasteiger partial charge < -0.3 is 4.74 Å². The Hall–Kier alpha value is -2.37. The first-order valence-electron chi connectivity index (χ1n) is 5.74. The predicted molar refractivity (Wildman–Crippen MR) is 67.8 cm³/mol. The summed E-state index contributed by atoms with van der Waals surface area (Å²) < 4.78 is 4.79. The summed E-state index contributed by atoms with van der Waals surface area (Å²) in [5.41, 5.74) is 6.04. The van der Waals surface area contributed by atoms with Gasteiger partial charge in [0.25, 0.3) is 5.91 Å². The highest BCUT2D eigenvalue weighted by atomic mass is 16.5. The monoisotopic (exact) mass is 264 g/mol. The van der Waals surface area contributed by atoms with E-state index < -0.39 is 24.4 Å². The maximum atomic E-state index is 11.5. The lowest BCUT2D eigenvalue weighted by molar-refractivity contribution is -0.148. The van der Waals surface area contributed by atoms with Crippen LogP contribution in [0, 0.1) is 6.92 Å². The van der Waals surface area contributed by atoms with Crippen molar-refractivity contribution in [1.82, 2.24) is 10.9 Å². The van der Waals surface area contributed by atoms with E-state index in [1.165, 1.54) is 6.92 Å². The molecule has 0 fully saturated rings. The van der Waals surface area contributed by atoms with E-state index in [1.54, 1.807) is 0 Å². The fraction of sp³-hybridized carbons (Fsp3) is 0.308. The van der Waals surface area contributed by atoms with Gasteiger partial charge in [-0.3, -0.25) is 25.2 Å². The van der Waals surface area contributed by atoms with Gasteiger partial charge in [0, 0.05) is 6.92 Å². The van der Waals surface area contributed by atoms with Crippen molar-refractivity contribution >= 4 is 17.8 Å². The number of rotatable bonds is 4. The number of nitrogens with one attached hydrogen (secondary N) is 2. The molecule has 2 amide bonds. The number of carbonyl (C=O) groups is 3. The van der Waals surface area contributed by atoms with Crippen LogP contribution in [0.4, 0.5) is 0 Å². The molecule has 1 aromatic rings. The summed E-state index contributed by atoms with van der Waals surface area (Å²) in [6.45, 7) is 2.72.